The second-order valence-corrected chi connectivity index (χ2v) is 6.51. The standard InChI is InChI=1S/C20H28N2O6/c1-4-27-18(11-14-5-7-15(23)8-6-14)19(25)22-17(10-9-16(24)12-21)20(26)28-13(2)3/h5-8,12-13,17-18,21,23H,4,9-11H2,1-3H3,(H,22,25)/t17-,18-/m0/s1. The van der Waals surface area contributed by atoms with Crippen LogP contribution in [0.4, 0.5) is 0 Å². The highest BCUT2D eigenvalue weighted by Gasteiger charge is 2.28. The minimum atomic E-state index is -1.01. The van der Waals surface area contributed by atoms with Gasteiger partial charge in [0.05, 0.1) is 12.3 Å². The maximum atomic E-state index is 12.7. The van der Waals surface area contributed by atoms with Gasteiger partial charge < -0.3 is 25.3 Å². The summed E-state index contributed by atoms with van der Waals surface area (Å²) in [5.41, 5.74) is 0.784. The summed E-state index contributed by atoms with van der Waals surface area (Å²) in [6.45, 7) is 5.43. The number of aromatic hydroxyl groups is 1. The van der Waals surface area contributed by atoms with Crippen LogP contribution in [0, 0.1) is 5.41 Å². The second kappa shape index (κ2) is 11.9. The molecule has 0 saturated carbocycles. The van der Waals surface area contributed by atoms with E-state index in [4.69, 9.17) is 14.9 Å². The second-order valence-electron chi connectivity index (χ2n) is 6.51. The van der Waals surface area contributed by atoms with Gasteiger partial charge in [0.15, 0.2) is 5.78 Å². The molecule has 1 amide bonds. The Morgan fingerprint density at radius 2 is 1.86 bits per heavy atom. The van der Waals surface area contributed by atoms with Gasteiger partial charge in [-0.3, -0.25) is 9.59 Å². The molecule has 0 aromatic heterocycles. The number of rotatable bonds is 12. The van der Waals surface area contributed by atoms with Crippen molar-refractivity contribution < 1.29 is 29.0 Å². The first kappa shape index (κ1) is 23.3. The lowest BCUT2D eigenvalue weighted by Crippen LogP contribution is -2.48. The molecule has 0 saturated heterocycles. The fourth-order valence-corrected chi connectivity index (χ4v) is 2.46. The van der Waals surface area contributed by atoms with E-state index in [-0.39, 0.29) is 31.1 Å². The summed E-state index contributed by atoms with van der Waals surface area (Å²) < 4.78 is 10.7. The summed E-state index contributed by atoms with van der Waals surface area (Å²) in [5, 5.41) is 18.9. The van der Waals surface area contributed by atoms with E-state index in [1.54, 1.807) is 32.9 Å². The molecule has 0 aliphatic heterocycles. The lowest BCUT2D eigenvalue weighted by Gasteiger charge is -2.22. The van der Waals surface area contributed by atoms with Crippen molar-refractivity contribution in [2.75, 3.05) is 6.61 Å². The van der Waals surface area contributed by atoms with Crippen LogP contribution in [0.15, 0.2) is 24.3 Å². The van der Waals surface area contributed by atoms with Crippen molar-refractivity contribution in [2.45, 2.75) is 58.3 Å². The predicted octanol–water partition coefficient (Wildman–Crippen LogP) is 1.78. The van der Waals surface area contributed by atoms with Crippen LogP contribution in [0.3, 0.4) is 0 Å². The summed E-state index contributed by atoms with van der Waals surface area (Å²) in [6.07, 6.45) is -0.304. The maximum absolute atomic E-state index is 12.7. The molecule has 0 bridgehead atoms. The number of phenols is 1. The topological polar surface area (TPSA) is 126 Å². The molecule has 0 radical (unpaired) electrons. The average Bonchev–Trinajstić information content (AvgIpc) is 2.65. The smallest absolute Gasteiger partial charge is 0.328 e. The van der Waals surface area contributed by atoms with E-state index in [0.29, 0.717) is 12.8 Å². The molecule has 2 atom stereocenters. The molecule has 0 aliphatic carbocycles. The highest BCUT2D eigenvalue weighted by Crippen LogP contribution is 2.13. The number of Topliss-reactive ketones (excluding diaryl/α,β-unsaturated/α-hetero) is 1. The van der Waals surface area contributed by atoms with Gasteiger partial charge in [0.25, 0.3) is 0 Å². The Morgan fingerprint density at radius 1 is 1.21 bits per heavy atom. The van der Waals surface area contributed by atoms with Crippen LogP contribution < -0.4 is 5.32 Å². The maximum Gasteiger partial charge on any atom is 0.328 e. The van der Waals surface area contributed by atoms with Crippen molar-refractivity contribution in [3.8, 4) is 5.75 Å². The summed E-state index contributed by atoms with van der Waals surface area (Å²) >= 11 is 0. The van der Waals surface area contributed by atoms with Crippen LogP contribution in [-0.4, -0.2) is 53.8 Å². The number of carbonyl (C=O) groups excluding carboxylic acids is 3. The number of ketones is 1. The van der Waals surface area contributed by atoms with Gasteiger partial charge in [-0.15, -0.1) is 0 Å². The van der Waals surface area contributed by atoms with Gasteiger partial charge in [0.2, 0.25) is 5.91 Å². The minimum absolute atomic E-state index is 0.0313. The number of amides is 1. The van der Waals surface area contributed by atoms with Crippen molar-refractivity contribution in [3.63, 3.8) is 0 Å². The van der Waals surface area contributed by atoms with Crippen LogP contribution in [0.2, 0.25) is 0 Å². The number of carbonyl (C=O) groups is 3. The van der Waals surface area contributed by atoms with Gasteiger partial charge in [0.1, 0.15) is 17.9 Å². The van der Waals surface area contributed by atoms with E-state index >= 15 is 0 Å². The van der Waals surface area contributed by atoms with Crippen molar-refractivity contribution in [2.24, 2.45) is 0 Å². The highest BCUT2D eigenvalue weighted by molar-refractivity contribution is 6.26. The van der Waals surface area contributed by atoms with Crippen LogP contribution in [0.5, 0.6) is 5.75 Å². The molecule has 0 fully saturated rings. The molecule has 1 aromatic carbocycles. The molecule has 1 rings (SSSR count). The summed E-state index contributed by atoms with van der Waals surface area (Å²) in [5.74, 6) is -1.46. The largest absolute Gasteiger partial charge is 0.508 e. The van der Waals surface area contributed by atoms with E-state index in [2.05, 4.69) is 5.32 Å². The number of ether oxygens (including phenoxy) is 2. The molecule has 154 valence electrons. The third kappa shape index (κ3) is 8.30. The van der Waals surface area contributed by atoms with Crippen molar-refractivity contribution in [1.82, 2.24) is 5.32 Å². The highest BCUT2D eigenvalue weighted by atomic mass is 16.5. The summed E-state index contributed by atoms with van der Waals surface area (Å²) in [4.78, 5) is 36.4. The summed E-state index contributed by atoms with van der Waals surface area (Å²) in [6, 6.07) is 5.38. The van der Waals surface area contributed by atoms with Crippen LogP contribution in [0.25, 0.3) is 0 Å². The molecule has 0 aliphatic rings. The van der Waals surface area contributed by atoms with Crippen molar-refractivity contribution in [3.05, 3.63) is 29.8 Å². The minimum Gasteiger partial charge on any atom is -0.508 e. The molecule has 8 nitrogen and oxygen atoms in total. The Bertz CT molecular complexity index is 672. The number of esters is 1. The predicted molar refractivity (Wildman–Crippen MR) is 103 cm³/mol. The van der Waals surface area contributed by atoms with Crippen LogP contribution in [-0.2, 0) is 30.3 Å². The van der Waals surface area contributed by atoms with E-state index in [0.717, 1.165) is 5.56 Å². The molecule has 28 heavy (non-hydrogen) atoms. The van der Waals surface area contributed by atoms with Gasteiger partial charge in [-0.1, -0.05) is 12.1 Å². The fraction of sp³-hybridized carbons (Fsp3) is 0.500. The monoisotopic (exact) mass is 392 g/mol. The first-order valence-electron chi connectivity index (χ1n) is 9.20. The molecular weight excluding hydrogens is 364 g/mol. The third-order valence-electron chi connectivity index (χ3n) is 3.81. The zero-order valence-corrected chi connectivity index (χ0v) is 16.4. The Kier molecular flexibility index (Phi) is 9.87. The lowest BCUT2D eigenvalue weighted by atomic mass is 10.1. The average molecular weight is 392 g/mol. The number of nitrogens with one attached hydrogen (secondary N) is 2. The first-order chi connectivity index (χ1) is 13.3. The molecule has 1 aromatic rings. The molecule has 0 unspecified atom stereocenters. The van der Waals surface area contributed by atoms with E-state index < -0.39 is 29.8 Å². The van der Waals surface area contributed by atoms with Gasteiger partial charge in [-0.05, 0) is 44.9 Å². The number of hydrogen-bond acceptors (Lipinski definition) is 7. The molecule has 0 heterocycles. The Labute approximate surface area is 164 Å². The van der Waals surface area contributed by atoms with E-state index in [1.165, 1.54) is 12.1 Å². The van der Waals surface area contributed by atoms with Gasteiger partial charge >= 0.3 is 5.97 Å². The zero-order valence-electron chi connectivity index (χ0n) is 16.4. The van der Waals surface area contributed by atoms with Gasteiger partial charge in [-0.25, -0.2) is 4.79 Å². The third-order valence-corrected chi connectivity index (χ3v) is 3.81. The number of hydrogen-bond donors (Lipinski definition) is 3. The van der Waals surface area contributed by atoms with Crippen LogP contribution >= 0.6 is 0 Å². The molecule has 8 heteroatoms. The number of benzene rings is 1. The fourth-order valence-electron chi connectivity index (χ4n) is 2.46. The molecule has 3 N–H and O–H groups in total. The zero-order chi connectivity index (χ0) is 21.1. The van der Waals surface area contributed by atoms with Crippen molar-refractivity contribution >= 4 is 23.9 Å². The van der Waals surface area contributed by atoms with E-state index in [9.17, 15) is 19.5 Å². The SMILES string of the molecule is CCO[C@@H](Cc1ccc(O)cc1)C(=O)N[C@@H](CCC(=O)C=N)C(=O)OC(C)C. The van der Waals surface area contributed by atoms with Gasteiger partial charge in [-0.2, -0.15) is 0 Å². The lowest BCUT2D eigenvalue weighted by molar-refractivity contribution is -0.153. The van der Waals surface area contributed by atoms with Gasteiger partial charge in [0, 0.05) is 19.4 Å². The Morgan fingerprint density at radius 3 is 2.39 bits per heavy atom. The first-order valence-corrected chi connectivity index (χ1v) is 9.20. The number of phenolic OH excluding ortho intramolecular Hbond substituents is 1. The molecule has 0 spiro atoms. The quantitative estimate of drug-likeness (QED) is 0.368. The van der Waals surface area contributed by atoms with Crippen molar-refractivity contribution in [1.29, 1.82) is 5.41 Å². The Hall–Kier alpha value is -2.74. The normalized spacial score (nSPS) is 12.9. The Balaban J connectivity index is 2.86. The molecular formula is C20H28N2O6. The van der Waals surface area contributed by atoms with E-state index in [1.807, 2.05) is 0 Å². The van der Waals surface area contributed by atoms with Crippen LogP contribution in [0.1, 0.15) is 39.2 Å². The summed E-state index contributed by atoms with van der Waals surface area (Å²) in [7, 11) is 0.